The van der Waals surface area contributed by atoms with E-state index in [1.54, 1.807) is 0 Å². The van der Waals surface area contributed by atoms with Crippen molar-refractivity contribution in [3.63, 3.8) is 0 Å². The summed E-state index contributed by atoms with van der Waals surface area (Å²) in [5, 5.41) is 17.7. The van der Waals surface area contributed by atoms with E-state index in [0.29, 0.717) is 0 Å². The van der Waals surface area contributed by atoms with E-state index in [9.17, 15) is 26.3 Å². The van der Waals surface area contributed by atoms with Gasteiger partial charge in [0.2, 0.25) is 0 Å². The molecule has 2 heterocycles. The number of hydrogen-bond donors (Lipinski definition) is 3. The monoisotopic (exact) mass is 354 g/mol. The molecule has 0 aromatic carbocycles. The number of aliphatic carboxylic acids is 2. The Hall–Kier alpha value is -1.56. The van der Waals surface area contributed by atoms with E-state index in [1.807, 2.05) is 0 Å². The van der Waals surface area contributed by atoms with E-state index >= 15 is 0 Å². The van der Waals surface area contributed by atoms with Crippen molar-refractivity contribution in [2.75, 3.05) is 26.7 Å². The van der Waals surface area contributed by atoms with Gasteiger partial charge < -0.3 is 20.4 Å². The summed E-state index contributed by atoms with van der Waals surface area (Å²) in [6, 6.07) is 0.874. The molecule has 23 heavy (non-hydrogen) atoms. The van der Waals surface area contributed by atoms with Gasteiger partial charge in [-0.3, -0.25) is 0 Å². The lowest BCUT2D eigenvalue weighted by Crippen LogP contribution is -2.61. The van der Waals surface area contributed by atoms with Crippen LogP contribution in [0.25, 0.3) is 0 Å². The molecule has 136 valence electrons. The van der Waals surface area contributed by atoms with Crippen molar-refractivity contribution in [3.05, 3.63) is 0 Å². The second kappa shape index (κ2) is 8.34. The quantitative estimate of drug-likeness (QED) is 0.566. The van der Waals surface area contributed by atoms with Crippen molar-refractivity contribution in [1.82, 2.24) is 10.2 Å². The summed E-state index contributed by atoms with van der Waals surface area (Å²) >= 11 is 0. The zero-order valence-corrected chi connectivity index (χ0v) is 11.9. The fraction of sp³-hybridized carbons (Fsp3) is 0.818. The highest BCUT2D eigenvalue weighted by molar-refractivity contribution is 5.73. The molecule has 2 unspecified atom stereocenters. The van der Waals surface area contributed by atoms with Crippen LogP contribution >= 0.6 is 0 Å². The minimum atomic E-state index is -5.08. The Morgan fingerprint density at radius 2 is 1.43 bits per heavy atom. The summed E-state index contributed by atoms with van der Waals surface area (Å²) in [6.07, 6.45) is -8.77. The van der Waals surface area contributed by atoms with Crippen molar-refractivity contribution >= 4 is 11.9 Å². The third kappa shape index (κ3) is 8.02. The first kappa shape index (κ1) is 21.4. The third-order valence-corrected chi connectivity index (χ3v) is 3.16. The molecule has 3 N–H and O–H groups in total. The molecule has 6 nitrogen and oxygen atoms in total. The first-order valence-corrected chi connectivity index (χ1v) is 6.28. The number of carbonyl (C=O) groups is 2. The van der Waals surface area contributed by atoms with Gasteiger partial charge in [-0.15, -0.1) is 0 Å². The molecule has 0 amide bonds. The van der Waals surface area contributed by atoms with Crippen LogP contribution in [0.2, 0.25) is 0 Å². The molecular formula is C11H16F6N2O4. The van der Waals surface area contributed by atoms with E-state index in [4.69, 9.17) is 19.8 Å². The summed E-state index contributed by atoms with van der Waals surface area (Å²) in [5.74, 6) is -4.49. The highest BCUT2D eigenvalue weighted by Crippen LogP contribution is 2.27. The number of hydrogen-bond acceptors (Lipinski definition) is 4. The van der Waals surface area contributed by atoms with Crippen LogP contribution in [0.15, 0.2) is 0 Å². The second-order valence-electron chi connectivity index (χ2n) is 4.87. The molecule has 2 aliphatic heterocycles. The Morgan fingerprint density at radius 1 is 1.04 bits per heavy atom. The number of nitrogens with zero attached hydrogens (tertiary/aromatic N) is 1. The molecule has 0 aliphatic carbocycles. The van der Waals surface area contributed by atoms with Gasteiger partial charge in [-0.25, -0.2) is 9.59 Å². The summed E-state index contributed by atoms with van der Waals surface area (Å²) < 4.78 is 63.5. The second-order valence-corrected chi connectivity index (χ2v) is 4.87. The largest absolute Gasteiger partial charge is 0.490 e. The Labute approximate surface area is 127 Å². The van der Waals surface area contributed by atoms with E-state index in [-0.39, 0.29) is 0 Å². The maximum Gasteiger partial charge on any atom is 0.490 e. The Balaban J connectivity index is 0.000000322. The number of carboxylic acid groups (broad SMARTS) is 2. The highest BCUT2D eigenvalue weighted by Gasteiger charge is 2.39. The normalized spacial score (nSPS) is 24.0. The molecule has 2 rings (SSSR count). The van der Waals surface area contributed by atoms with Crippen LogP contribution in [0.3, 0.4) is 0 Å². The van der Waals surface area contributed by atoms with E-state index < -0.39 is 24.3 Å². The van der Waals surface area contributed by atoms with Gasteiger partial charge in [0.25, 0.3) is 0 Å². The number of nitrogens with one attached hydrogen (secondary N) is 1. The predicted molar refractivity (Wildman–Crippen MR) is 64.8 cm³/mol. The molecule has 0 spiro atoms. The Kier molecular flexibility index (Phi) is 7.77. The van der Waals surface area contributed by atoms with Crippen molar-refractivity contribution in [2.24, 2.45) is 5.92 Å². The number of carboxylic acids is 2. The number of likely N-dealkylation sites (tertiary alicyclic amines) is 1. The van der Waals surface area contributed by atoms with E-state index in [2.05, 4.69) is 17.3 Å². The van der Waals surface area contributed by atoms with Crippen LogP contribution in [0.1, 0.15) is 6.42 Å². The molecule has 2 fully saturated rings. The standard InChI is InChI=1S/C7H14N2.2C2HF3O2/c1-9-5-6-2-3-8-4-7(6)9;2*3-2(4,5)1(6)7/h6-8H,2-5H2,1H3;2*(H,6,7). The van der Waals surface area contributed by atoms with Gasteiger partial charge in [-0.1, -0.05) is 0 Å². The predicted octanol–water partition coefficient (Wildman–Crippen LogP) is 1.18. The van der Waals surface area contributed by atoms with Crippen LogP contribution in [-0.2, 0) is 9.59 Å². The first-order valence-electron chi connectivity index (χ1n) is 6.28. The number of alkyl halides is 6. The van der Waals surface area contributed by atoms with Crippen LogP contribution < -0.4 is 5.32 Å². The number of fused-ring (bicyclic) bond motifs is 1. The molecule has 2 saturated heterocycles. The summed E-state index contributed by atoms with van der Waals surface area (Å²) in [7, 11) is 2.22. The van der Waals surface area contributed by atoms with Gasteiger partial charge in [0.15, 0.2) is 0 Å². The summed E-state index contributed by atoms with van der Waals surface area (Å²) in [6.45, 7) is 3.81. The molecule has 0 aromatic heterocycles. The lowest BCUT2D eigenvalue weighted by atomic mass is 9.84. The molecule has 12 heteroatoms. The Morgan fingerprint density at radius 3 is 1.65 bits per heavy atom. The average molecular weight is 354 g/mol. The summed E-state index contributed by atoms with van der Waals surface area (Å²) in [5.41, 5.74) is 0. The number of halogens is 6. The lowest BCUT2D eigenvalue weighted by Gasteiger charge is -2.49. The van der Waals surface area contributed by atoms with Crippen LogP contribution in [-0.4, -0.2) is 72.1 Å². The molecule has 0 saturated carbocycles. The van der Waals surface area contributed by atoms with Crippen molar-refractivity contribution in [3.8, 4) is 0 Å². The minimum absolute atomic E-state index is 0.874. The lowest BCUT2D eigenvalue weighted by molar-refractivity contribution is -0.193. The van der Waals surface area contributed by atoms with Crippen molar-refractivity contribution in [2.45, 2.75) is 24.8 Å². The fourth-order valence-electron chi connectivity index (χ4n) is 1.99. The van der Waals surface area contributed by atoms with Gasteiger partial charge in [0.1, 0.15) is 0 Å². The zero-order chi connectivity index (χ0) is 18.4. The number of rotatable bonds is 0. The third-order valence-electron chi connectivity index (χ3n) is 3.16. The molecule has 2 atom stereocenters. The molecule has 0 bridgehead atoms. The van der Waals surface area contributed by atoms with Crippen LogP contribution in [0.4, 0.5) is 26.3 Å². The van der Waals surface area contributed by atoms with Crippen LogP contribution in [0.5, 0.6) is 0 Å². The van der Waals surface area contributed by atoms with Gasteiger partial charge >= 0.3 is 24.3 Å². The van der Waals surface area contributed by atoms with Gasteiger partial charge in [0.05, 0.1) is 0 Å². The smallest absolute Gasteiger partial charge is 0.475 e. The SMILES string of the molecule is CN1CC2CCNCC21.O=C(O)C(F)(F)F.O=C(O)C(F)(F)F. The molecule has 0 radical (unpaired) electrons. The molecule has 2 aliphatic rings. The van der Waals surface area contributed by atoms with Gasteiger partial charge in [-0.05, 0) is 25.9 Å². The summed E-state index contributed by atoms with van der Waals surface area (Å²) in [4.78, 5) is 20.2. The maximum atomic E-state index is 10.6. The highest BCUT2D eigenvalue weighted by atomic mass is 19.4. The number of likely N-dealkylation sites (N-methyl/N-ethyl adjacent to an activating group) is 1. The Bertz CT molecular complexity index is 386. The van der Waals surface area contributed by atoms with Crippen molar-refractivity contribution < 1.29 is 46.1 Å². The molecule has 0 aromatic rings. The number of piperidine rings is 1. The van der Waals surface area contributed by atoms with E-state index in [0.717, 1.165) is 12.0 Å². The fourth-order valence-corrected chi connectivity index (χ4v) is 1.99. The minimum Gasteiger partial charge on any atom is -0.475 e. The zero-order valence-electron chi connectivity index (χ0n) is 11.9. The molecular weight excluding hydrogens is 338 g/mol. The first-order chi connectivity index (χ1) is 10.3. The van der Waals surface area contributed by atoms with Gasteiger partial charge in [-0.2, -0.15) is 26.3 Å². The van der Waals surface area contributed by atoms with Crippen molar-refractivity contribution in [1.29, 1.82) is 0 Å². The topological polar surface area (TPSA) is 89.9 Å². The maximum absolute atomic E-state index is 10.6. The van der Waals surface area contributed by atoms with Gasteiger partial charge in [0, 0.05) is 19.1 Å². The van der Waals surface area contributed by atoms with E-state index in [1.165, 1.54) is 26.1 Å². The van der Waals surface area contributed by atoms with Crippen LogP contribution in [0, 0.1) is 5.92 Å². The average Bonchev–Trinajstić information content (AvgIpc) is 2.37.